The van der Waals surface area contributed by atoms with Gasteiger partial charge >= 0.3 is 12.1 Å². The first kappa shape index (κ1) is 23.2. The minimum absolute atomic E-state index is 0.127. The van der Waals surface area contributed by atoms with Crippen molar-refractivity contribution in [2.75, 3.05) is 5.32 Å². The van der Waals surface area contributed by atoms with Crippen molar-refractivity contribution in [3.05, 3.63) is 82.4 Å². The van der Waals surface area contributed by atoms with Gasteiger partial charge in [0.1, 0.15) is 0 Å². The molecule has 0 saturated carbocycles. The van der Waals surface area contributed by atoms with Crippen LogP contribution in [0.1, 0.15) is 36.2 Å². The first-order valence-corrected chi connectivity index (χ1v) is 10.5. The Hall–Kier alpha value is -3.46. The number of allylic oxidation sites excluding steroid dienone is 1. The van der Waals surface area contributed by atoms with Crippen LogP contribution in [0.2, 0.25) is 0 Å². The summed E-state index contributed by atoms with van der Waals surface area (Å²) in [6.45, 7) is 3.59. The van der Waals surface area contributed by atoms with Gasteiger partial charge in [0.05, 0.1) is 23.4 Å². The number of hydrogen-bond donors (Lipinski definition) is 2. The number of aliphatic carboxylic acids is 1. The molecule has 32 heavy (non-hydrogen) atoms. The second-order valence-electron chi connectivity index (χ2n) is 6.86. The maximum Gasteiger partial charge on any atom is 0.416 e. The Morgan fingerprint density at radius 2 is 1.75 bits per heavy atom. The first-order valence-electron chi connectivity index (χ1n) is 9.58. The van der Waals surface area contributed by atoms with Crippen LogP contribution >= 0.6 is 11.3 Å². The molecule has 0 spiro atoms. The molecule has 0 amide bonds. The van der Waals surface area contributed by atoms with E-state index in [0.717, 1.165) is 23.4 Å². The van der Waals surface area contributed by atoms with Crippen molar-refractivity contribution in [3.8, 4) is 0 Å². The van der Waals surface area contributed by atoms with Crippen LogP contribution in [0.3, 0.4) is 0 Å². The van der Waals surface area contributed by atoms with Gasteiger partial charge in [0, 0.05) is 16.8 Å². The molecule has 1 heterocycles. The van der Waals surface area contributed by atoms with E-state index in [1.54, 1.807) is 12.3 Å². The van der Waals surface area contributed by atoms with Gasteiger partial charge in [0.15, 0.2) is 5.13 Å². The molecule has 3 aromatic rings. The lowest BCUT2D eigenvalue weighted by Crippen LogP contribution is -2.05. The minimum Gasteiger partial charge on any atom is -0.481 e. The monoisotopic (exact) mass is 459 g/mol. The molecule has 3 rings (SSSR count). The fourth-order valence-electron chi connectivity index (χ4n) is 2.89. The Morgan fingerprint density at radius 3 is 2.31 bits per heavy atom. The summed E-state index contributed by atoms with van der Waals surface area (Å²) in [4.78, 5) is 19.6. The van der Waals surface area contributed by atoms with Crippen LogP contribution in [0.5, 0.6) is 0 Å². The van der Waals surface area contributed by atoms with Gasteiger partial charge in [-0.1, -0.05) is 30.3 Å². The molecule has 0 aliphatic carbocycles. The third-order valence-corrected chi connectivity index (χ3v) is 5.31. The van der Waals surface area contributed by atoms with Crippen LogP contribution in [0.15, 0.2) is 65.0 Å². The van der Waals surface area contributed by atoms with E-state index in [9.17, 15) is 18.0 Å². The van der Waals surface area contributed by atoms with Gasteiger partial charge in [-0.25, -0.2) is 4.98 Å². The maximum absolute atomic E-state index is 12.8. The van der Waals surface area contributed by atoms with Crippen molar-refractivity contribution in [2.24, 2.45) is 4.99 Å². The number of carboxylic acids is 1. The molecule has 0 unspecified atom stereocenters. The molecule has 0 bridgehead atoms. The number of aromatic nitrogens is 1. The van der Waals surface area contributed by atoms with E-state index in [1.165, 1.54) is 23.5 Å². The normalized spacial score (nSPS) is 12.7. The van der Waals surface area contributed by atoms with E-state index in [0.29, 0.717) is 27.8 Å². The quantitative estimate of drug-likeness (QED) is 0.401. The highest BCUT2D eigenvalue weighted by Crippen LogP contribution is 2.29. The number of nitrogens with one attached hydrogen (secondary N) is 1. The van der Waals surface area contributed by atoms with Crippen LogP contribution in [-0.4, -0.2) is 21.8 Å². The van der Waals surface area contributed by atoms with Gasteiger partial charge in [0.25, 0.3) is 0 Å². The number of carbonyl (C=O) groups is 1. The van der Waals surface area contributed by atoms with Crippen LogP contribution < -0.4 is 5.32 Å². The van der Waals surface area contributed by atoms with Crippen LogP contribution in [0.25, 0.3) is 5.70 Å². The number of anilines is 2. The van der Waals surface area contributed by atoms with E-state index >= 15 is 0 Å². The summed E-state index contributed by atoms with van der Waals surface area (Å²) in [6.07, 6.45) is -2.67. The molecule has 9 heteroatoms. The van der Waals surface area contributed by atoms with E-state index in [1.807, 2.05) is 37.3 Å². The Kier molecular flexibility index (Phi) is 7.09. The number of aliphatic imine (C=N–C) groups is 1. The van der Waals surface area contributed by atoms with Crippen LogP contribution in [-0.2, 0) is 17.4 Å². The summed E-state index contributed by atoms with van der Waals surface area (Å²) in [7, 11) is 0. The molecule has 0 saturated heterocycles. The summed E-state index contributed by atoms with van der Waals surface area (Å²) in [6, 6.07) is 12.3. The highest BCUT2D eigenvalue weighted by Gasteiger charge is 2.30. The predicted molar refractivity (Wildman–Crippen MR) is 120 cm³/mol. The molecule has 1 aromatic heterocycles. The van der Waals surface area contributed by atoms with Crippen molar-refractivity contribution < 1.29 is 23.1 Å². The number of nitrogens with zero attached hydrogens (tertiary/aromatic N) is 2. The first-order chi connectivity index (χ1) is 15.2. The maximum atomic E-state index is 12.8. The van der Waals surface area contributed by atoms with Crippen LogP contribution in [0, 0.1) is 0 Å². The van der Waals surface area contributed by atoms with Gasteiger partial charge in [-0.05, 0) is 49.2 Å². The number of alkyl halides is 3. The van der Waals surface area contributed by atoms with E-state index < -0.39 is 17.7 Å². The predicted octanol–water partition coefficient (Wildman–Crippen LogP) is 6.40. The molecular formula is C23H20F3N3O2S. The summed E-state index contributed by atoms with van der Waals surface area (Å²) < 4.78 is 38.3. The zero-order valence-corrected chi connectivity index (χ0v) is 18.1. The van der Waals surface area contributed by atoms with E-state index in [-0.39, 0.29) is 6.42 Å². The number of rotatable bonds is 7. The highest BCUT2D eigenvalue weighted by molar-refractivity contribution is 7.13. The third kappa shape index (κ3) is 6.04. The van der Waals surface area contributed by atoms with Gasteiger partial charge < -0.3 is 10.4 Å². The zero-order valence-electron chi connectivity index (χ0n) is 17.3. The Morgan fingerprint density at radius 1 is 1.12 bits per heavy atom. The molecule has 0 radical (unpaired) electrons. The number of halogens is 3. The fraction of sp³-hybridized carbons (Fsp3) is 0.174. The van der Waals surface area contributed by atoms with Crippen molar-refractivity contribution in [1.82, 2.24) is 4.98 Å². The lowest BCUT2D eigenvalue weighted by atomic mass is 10.1. The SMILES string of the molecule is C/C=C(\N=C(C)c1ccc(C(F)(F)F)cc1)c1ccc(Nc2nc(CC(=O)O)cs2)cc1. The second kappa shape index (κ2) is 9.78. The topological polar surface area (TPSA) is 74.6 Å². The lowest BCUT2D eigenvalue weighted by Gasteiger charge is -2.09. The highest BCUT2D eigenvalue weighted by atomic mass is 32.1. The van der Waals surface area contributed by atoms with Gasteiger partial charge in [-0.2, -0.15) is 13.2 Å². The average Bonchev–Trinajstić information content (AvgIpc) is 3.18. The van der Waals surface area contributed by atoms with Gasteiger partial charge in [0.2, 0.25) is 0 Å². The number of thiazole rings is 1. The number of benzene rings is 2. The molecule has 0 aliphatic heterocycles. The molecule has 2 N–H and O–H groups in total. The summed E-state index contributed by atoms with van der Waals surface area (Å²) in [5.74, 6) is -0.933. The van der Waals surface area contributed by atoms with E-state index in [4.69, 9.17) is 5.11 Å². The zero-order chi connectivity index (χ0) is 23.3. The van der Waals surface area contributed by atoms with E-state index in [2.05, 4.69) is 15.3 Å². The molecule has 0 aliphatic rings. The smallest absolute Gasteiger partial charge is 0.416 e. The largest absolute Gasteiger partial charge is 0.481 e. The average molecular weight is 459 g/mol. The Bertz CT molecular complexity index is 1150. The molecule has 5 nitrogen and oxygen atoms in total. The second-order valence-corrected chi connectivity index (χ2v) is 7.72. The van der Waals surface area contributed by atoms with Crippen molar-refractivity contribution in [1.29, 1.82) is 0 Å². The van der Waals surface area contributed by atoms with Crippen molar-refractivity contribution in [2.45, 2.75) is 26.4 Å². The Labute approximate surface area is 187 Å². The summed E-state index contributed by atoms with van der Waals surface area (Å²) in [5.41, 5.74) is 3.31. The van der Waals surface area contributed by atoms with Gasteiger partial charge in [-0.3, -0.25) is 9.79 Å². The lowest BCUT2D eigenvalue weighted by molar-refractivity contribution is -0.138. The minimum atomic E-state index is -4.37. The van der Waals surface area contributed by atoms with Gasteiger partial charge in [-0.15, -0.1) is 11.3 Å². The summed E-state index contributed by atoms with van der Waals surface area (Å²) >= 11 is 1.32. The van der Waals surface area contributed by atoms with Crippen LogP contribution in [0.4, 0.5) is 24.0 Å². The Balaban J connectivity index is 1.72. The fourth-order valence-corrected chi connectivity index (χ4v) is 3.62. The molecule has 0 atom stereocenters. The third-order valence-electron chi connectivity index (χ3n) is 4.51. The summed E-state index contributed by atoms with van der Waals surface area (Å²) in [5, 5.41) is 14.3. The molecule has 0 fully saturated rings. The van der Waals surface area contributed by atoms with Crippen molar-refractivity contribution >= 4 is 39.5 Å². The molecule has 166 valence electrons. The van der Waals surface area contributed by atoms with Crippen molar-refractivity contribution in [3.63, 3.8) is 0 Å². The number of carboxylic acid groups (broad SMARTS) is 1. The standard InChI is InChI=1S/C23H20F3N3O2S/c1-3-20(27-14(2)15-4-8-17(9-5-15)23(24,25)26)16-6-10-18(11-7-16)28-22-29-19(13-32-22)12-21(30)31/h3-11,13H,12H2,1-2H3,(H,28,29)(H,30,31)/b20-3-,27-14?. The molecule has 2 aromatic carbocycles. The number of hydrogen-bond acceptors (Lipinski definition) is 5. The molecular weight excluding hydrogens is 439 g/mol.